The maximum absolute atomic E-state index is 14.2. The molecule has 8 nitrogen and oxygen atoms in total. The van der Waals surface area contributed by atoms with E-state index in [0.717, 1.165) is 38.5 Å². The number of amides is 1. The van der Waals surface area contributed by atoms with Crippen molar-refractivity contribution in [3.8, 4) is 0 Å². The average molecular weight is 520 g/mol. The predicted octanol–water partition coefficient (Wildman–Crippen LogP) is 5.30. The van der Waals surface area contributed by atoms with Crippen LogP contribution in [0.4, 0.5) is 0 Å². The molecule has 1 fully saturated rings. The molecule has 0 aromatic carbocycles. The van der Waals surface area contributed by atoms with Gasteiger partial charge in [0.15, 0.2) is 0 Å². The summed E-state index contributed by atoms with van der Waals surface area (Å²) in [5, 5.41) is 9.51. The molecule has 0 bridgehead atoms. The van der Waals surface area contributed by atoms with Gasteiger partial charge in [-0.15, -0.1) is 0 Å². The van der Waals surface area contributed by atoms with Crippen LogP contribution in [0.15, 0.2) is 0 Å². The summed E-state index contributed by atoms with van der Waals surface area (Å²) in [6, 6.07) is 0. The zero-order valence-corrected chi connectivity index (χ0v) is 24.5. The molecule has 1 rings (SSSR count). The van der Waals surface area contributed by atoms with Gasteiger partial charge in [0.2, 0.25) is 0 Å². The number of carbonyl (C=O) groups is 1. The van der Waals surface area contributed by atoms with Gasteiger partial charge in [-0.25, -0.2) is 9.34 Å². The second kappa shape index (κ2) is 16.4. The van der Waals surface area contributed by atoms with Crippen LogP contribution in [0, 0.1) is 0 Å². The highest BCUT2D eigenvalue weighted by atomic mass is 31.2. The number of hydrogen-bond acceptors (Lipinski definition) is 5. The van der Waals surface area contributed by atoms with Gasteiger partial charge in [0.1, 0.15) is 5.60 Å². The SMILES string of the molecule is CCCCCCCC(CCCCC)OP(=O)(N(C)C)N1CCN(C(=O)C(C)(C)OCC(C)O)CC1. The predicted molar refractivity (Wildman–Crippen MR) is 144 cm³/mol. The summed E-state index contributed by atoms with van der Waals surface area (Å²) in [5.41, 5.74) is -1.01. The van der Waals surface area contributed by atoms with Crippen LogP contribution in [0.3, 0.4) is 0 Å². The van der Waals surface area contributed by atoms with Gasteiger partial charge < -0.3 is 19.3 Å². The van der Waals surface area contributed by atoms with Crippen LogP contribution in [0.1, 0.15) is 98.8 Å². The molecule has 0 aliphatic carbocycles. The molecule has 0 spiro atoms. The smallest absolute Gasteiger partial charge is 0.345 e. The maximum Gasteiger partial charge on any atom is 0.345 e. The Morgan fingerprint density at radius 1 is 0.971 bits per heavy atom. The van der Waals surface area contributed by atoms with E-state index >= 15 is 0 Å². The molecule has 3 atom stereocenters. The van der Waals surface area contributed by atoms with E-state index in [1.165, 1.54) is 25.7 Å². The minimum atomic E-state index is -3.19. The largest absolute Gasteiger partial charge is 0.391 e. The van der Waals surface area contributed by atoms with Crippen LogP contribution >= 0.6 is 7.67 Å². The van der Waals surface area contributed by atoms with Gasteiger partial charge in [-0.3, -0.25) is 9.36 Å². The number of rotatable bonds is 18. The molecule has 3 unspecified atom stereocenters. The van der Waals surface area contributed by atoms with Crippen LogP contribution < -0.4 is 0 Å². The standard InChI is InChI=1S/C26H54N3O5P/c1-8-10-12-13-15-17-24(16-14-11-9-2)34-35(32,27(6)7)29-20-18-28(19-21-29)25(31)26(4,5)33-22-23(3)30/h23-24,30H,8-22H2,1-7H3. The molecule has 35 heavy (non-hydrogen) atoms. The monoisotopic (exact) mass is 519 g/mol. The Kier molecular flexibility index (Phi) is 15.2. The molecular formula is C26H54N3O5P. The molecule has 0 aromatic heterocycles. The van der Waals surface area contributed by atoms with Crippen molar-refractivity contribution in [2.75, 3.05) is 46.9 Å². The average Bonchev–Trinajstić information content (AvgIpc) is 2.82. The van der Waals surface area contributed by atoms with Gasteiger partial charge in [-0.2, -0.15) is 0 Å². The molecule has 1 amide bonds. The van der Waals surface area contributed by atoms with Crippen LogP contribution in [0.5, 0.6) is 0 Å². The summed E-state index contributed by atoms with van der Waals surface area (Å²) in [6.07, 6.45) is 10.7. The topological polar surface area (TPSA) is 82.6 Å². The van der Waals surface area contributed by atoms with E-state index in [2.05, 4.69) is 13.8 Å². The summed E-state index contributed by atoms with van der Waals surface area (Å²) in [6.45, 7) is 11.6. The number of aliphatic hydroxyl groups excluding tert-OH is 1. The molecule has 1 heterocycles. The van der Waals surface area contributed by atoms with Crippen LogP contribution in [0.25, 0.3) is 0 Å². The van der Waals surface area contributed by atoms with E-state index < -0.39 is 19.4 Å². The number of unbranched alkanes of at least 4 members (excludes halogenated alkanes) is 6. The summed E-state index contributed by atoms with van der Waals surface area (Å²) in [5.74, 6) is -0.108. The quantitative estimate of drug-likeness (QED) is 0.194. The van der Waals surface area contributed by atoms with Gasteiger partial charge in [0.25, 0.3) is 5.91 Å². The zero-order valence-electron chi connectivity index (χ0n) is 23.6. The summed E-state index contributed by atoms with van der Waals surface area (Å²) in [7, 11) is 0.466. The van der Waals surface area contributed by atoms with Crippen LogP contribution in [0.2, 0.25) is 0 Å². The number of carbonyl (C=O) groups excluding carboxylic acids is 1. The van der Waals surface area contributed by atoms with Crippen molar-refractivity contribution in [1.29, 1.82) is 0 Å². The van der Waals surface area contributed by atoms with E-state index in [-0.39, 0.29) is 18.6 Å². The zero-order chi connectivity index (χ0) is 26.5. The van der Waals surface area contributed by atoms with Gasteiger partial charge in [0, 0.05) is 26.2 Å². The van der Waals surface area contributed by atoms with Gasteiger partial charge in [-0.05, 0) is 47.7 Å². The number of nitrogens with zero attached hydrogens (tertiary/aromatic N) is 3. The van der Waals surface area contributed by atoms with E-state index in [1.54, 1.807) is 30.3 Å². The van der Waals surface area contributed by atoms with E-state index in [9.17, 15) is 14.5 Å². The molecule has 9 heteroatoms. The molecule has 0 aromatic rings. The molecule has 0 saturated carbocycles. The Morgan fingerprint density at radius 3 is 2.00 bits per heavy atom. The lowest BCUT2D eigenvalue weighted by Gasteiger charge is -2.43. The van der Waals surface area contributed by atoms with Crippen molar-refractivity contribution < 1.29 is 23.7 Å². The van der Waals surface area contributed by atoms with Gasteiger partial charge >= 0.3 is 7.67 Å². The number of ether oxygens (including phenoxy) is 1. The first-order chi connectivity index (χ1) is 16.5. The maximum atomic E-state index is 14.2. The minimum Gasteiger partial charge on any atom is -0.391 e. The number of hydrogen-bond donors (Lipinski definition) is 1. The van der Waals surface area contributed by atoms with Gasteiger partial charge in [0.05, 0.1) is 18.8 Å². The number of aliphatic hydroxyl groups is 1. The van der Waals surface area contributed by atoms with Crippen molar-refractivity contribution >= 4 is 13.6 Å². The van der Waals surface area contributed by atoms with Crippen molar-refractivity contribution in [1.82, 2.24) is 14.2 Å². The Bertz CT molecular complexity index is 636. The number of piperazine rings is 1. The Balaban J connectivity index is 2.79. The van der Waals surface area contributed by atoms with Crippen LogP contribution in [-0.2, 0) is 18.6 Å². The highest BCUT2D eigenvalue weighted by molar-refractivity contribution is 7.53. The van der Waals surface area contributed by atoms with E-state index in [1.807, 2.05) is 18.8 Å². The van der Waals surface area contributed by atoms with E-state index in [0.29, 0.717) is 26.2 Å². The normalized spacial score (nSPS) is 19.1. The van der Waals surface area contributed by atoms with Crippen molar-refractivity contribution in [3.05, 3.63) is 0 Å². The summed E-state index contributed by atoms with van der Waals surface area (Å²) in [4.78, 5) is 14.8. The Hall–Kier alpha value is -0.500. The van der Waals surface area contributed by atoms with Crippen molar-refractivity contribution in [2.24, 2.45) is 0 Å². The molecule has 1 aliphatic heterocycles. The lowest BCUT2D eigenvalue weighted by atomic mass is 10.0. The Labute approximate surface area is 215 Å². The lowest BCUT2D eigenvalue weighted by molar-refractivity contribution is -0.158. The lowest BCUT2D eigenvalue weighted by Crippen LogP contribution is -2.55. The third-order valence-corrected chi connectivity index (χ3v) is 9.35. The highest BCUT2D eigenvalue weighted by Gasteiger charge is 2.41. The summed E-state index contributed by atoms with van der Waals surface area (Å²) < 4.78 is 30.0. The fraction of sp³-hybridized carbons (Fsp3) is 0.962. The first-order valence-corrected chi connectivity index (χ1v) is 15.3. The molecule has 0 radical (unpaired) electrons. The summed E-state index contributed by atoms with van der Waals surface area (Å²) >= 11 is 0. The molecule has 1 aliphatic rings. The third-order valence-electron chi connectivity index (χ3n) is 6.65. The fourth-order valence-electron chi connectivity index (χ4n) is 4.38. The molecule has 1 saturated heterocycles. The van der Waals surface area contributed by atoms with E-state index in [4.69, 9.17) is 9.26 Å². The fourth-order valence-corrected chi connectivity index (χ4v) is 6.49. The first kappa shape index (κ1) is 32.5. The van der Waals surface area contributed by atoms with Crippen molar-refractivity contribution in [2.45, 2.75) is 117 Å². The molecular weight excluding hydrogens is 465 g/mol. The first-order valence-electron chi connectivity index (χ1n) is 13.8. The molecule has 208 valence electrons. The second-order valence-corrected chi connectivity index (χ2v) is 13.2. The third kappa shape index (κ3) is 11.2. The second-order valence-electron chi connectivity index (χ2n) is 10.7. The van der Waals surface area contributed by atoms with Gasteiger partial charge in [-0.1, -0.05) is 65.2 Å². The van der Waals surface area contributed by atoms with Crippen molar-refractivity contribution in [3.63, 3.8) is 0 Å². The highest BCUT2D eigenvalue weighted by Crippen LogP contribution is 2.54. The van der Waals surface area contributed by atoms with Crippen LogP contribution in [-0.4, -0.2) is 89.9 Å². The minimum absolute atomic E-state index is 0.0103. The Morgan fingerprint density at radius 2 is 1.49 bits per heavy atom. The molecule has 1 N–H and O–H groups in total.